The van der Waals surface area contributed by atoms with Gasteiger partial charge in [0.15, 0.2) is 0 Å². The summed E-state index contributed by atoms with van der Waals surface area (Å²) >= 11 is 0. The van der Waals surface area contributed by atoms with E-state index in [9.17, 15) is 19.7 Å². The van der Waals surface area contributed by atoms with Crippen LogP contribution in [-0.2, 0) is 14.2 Å². The maximum Gasteiger partial charge on any atom is 0.353 e. The summed E-state index contributed by atoms with van der Waals surface area (Å²) in [5.41, 5.74) is -0.127. The number of nitrogens with zero attached hydrogens (tertiary/aromatic N) is 3. The molecule has 0 fully saturated rings. The Bertz CT molecular complexity index is 916. The summed E-state index contributed by atoms with van der Waals surface area (Å²) in [6.07, 6.45) is 1.14. The van der Waals surface area contributed by atoms with Crippen LogP contribution in [0.1, 0.15) is 27.6 Å². The average molecular weight is 419 g/mol. The van der Waals surface area contributed by atoms with Gasteiger partial charge in [-0.05, 0) is 25.1 Å². The van der Waals surface area contributed by atoms with E-state index >= 15 is 0 Å². The van der Waals surface area contributed by atoms with E-state index in [0.29, 0.717) is 6.61 Å². The molecule has 0 bridgehead atoms. The summed E-state index contributed by atoms with van der Waals surface area (Å²) in [7, 11) is 3.88. The van der Waals surface area contributed by atoms with E-state index in [4.69, 9.17) is 4.74 Å². The zero-order chi connectivity index (χ0) is 22.3. The summed E-state index contributed by atoms with van der Waals surface area (Å²) in [6.45, 7) is 2.07. The van der Waals surface area contributed by atoms with Crippen molar-refractivity contribution in [3.05, 3.63) is 45.8 Å². The van der Waals surface area contributed by atoms with Crippen molar-refractivity contribution in [1.29, 1.82) is 0 Å². The van der Waals surface area contributed by atoms with Gasteiger partial charge in [0.1, 0.15) is 6.33 Å². The molecule has 0 spiro atoms. The minimum atomic E-state index is -0.697. The van der Waals surface area contributed by atoms with E-state index in [1.807, 2.05) is 0 Å². The third kappa shape index (κ3) is 5.38. The first-order chi connectivity index (χ1) is 14.3. The van der Waals surface area contributed by atoms with E-state index in [1.165, 1.54) is 39.5 Å². The predicted molar refractivity (Wildman–Crippen MR) is 106 cm³/mol. The highest BCUT2D eigenvalue weighted by Gasteiger charge is 2.25. The van der Waals surface area contributed by atoms with Crippen LogP contribution in [0.4, 0.5) is 23.0 Å². The highest BCUT2D eigenvalue weighted by molar-refractivity contribution is 5.97. The fourth-order valence-corrected chi connectivity index (χ4v) is 2.58. The van der Waals surface area contributed by atoms with Gasteiger partial charge in [0.05, 0.1) is 36.9 Å². The van der Waals surface area contributed by atoms with Crippen molar-refractivity contribution in [2.75, 3.05) is 38.6 Å². The lowest BCUT2D eigenvalue weighted by atomic mass is 10.1. The molecule has 0 aliphatic heterocycles. The molecule has 0 aliphatic carbocycles. The number of anilines is 3. The van der Waals surface area contributed by atoms with Crippen LogP contribution in [0.3, 0.4) is 0 Å². The van der Waals surface area contributed by atoms with Gasteiger partial charge in [-0.15, -0.1) is 0 Å². The monoisotopic (exact) mass is 419 g/mol. The molecule has 0 aliphatic rings. The fourth-order valence-electron chi connectivity index (χ4n) is 2.58. The molecule has 1 atom stereocenters. The Labute approximate surface area is 171 Å². The maximum atomic E-state index is 11.9. The summed E-state index contributed by atoms with van der Waals surface area (Å²) in [5, 5.41) is 17.3. The van der Waals surface area contributed by atoms with Gasteiger partial charge in [-0.2, -0.15) is 0 Å². The van der Waals surface area contributed by atoms with Gasteiger partial charge in [-0.1, -0.05) is 0 Å². The Kier molecular flexibility index (Phi) is 7.58. The summed E-state index contributed by atoms with van der Waals surface area (Å²) in [6, 6.07) is 3.76. The number of hydrogen-bond donors (Lipinski definition) is 2. The molecular formula is C18H21N5O7. The number of hydrogen-bond acceptors (Lipinski definition) is 11. The van der Waals surface area contributed by atoms with E-state index < -0.39 is 22.5 Å². The molecule has 1 aromatic heterocycles. The van der Waals surface area contributed by atoms with Crippen molar-refractivity contribution in [3.8, 4) is 0 Å². The van der Waals surface area contributed by atoms with Crippen LogP contribution in [-0.4, -0.2) is 60.8 Å². The number of esters is 2. The fraction of sp³-hybridized carbons (Fsp3) is 0.333. The van der Waals surface area contributed by atoms with Crippen LogP contribution in [0.15, 0.2) is 24.5 Å². The number of rotatable bonds is 9. The molecule has 0 saturated heterocycles. The standard InChI is InChI=1S/C18H21N5O7/c1-10(8-28-2)21-15-14(23(26)27)16(20-9-19-15)22-13-6-11(17(24)29-3)5-12(7-13)18(25)30-4/h5-7,9-10H,8H2,1-4H3,(H2,19,20,21,22). The molecule has 12 heteroatoms. The number of aromatic nitrogens is 2. The molecular weight excluding hydrogens is 398 g/mol. The summed E-state index contributed by atoms with van der Waals surface area (Å²) in [5.74, 6) is -1.55. The second kappa shape index (κ2) is 10.1. The average Bonchev–Trinajstić information content (AvgIpc) is 2.72. The number of carbonyl (C=O) groups excluding carboxylic acids is 2. The van der Waals surface area contributed by atoms with Gasteiger partial charge in [0.2, 0.25) is 11.6 Å². The lowest BCUT2D eigenvalue weighted by Gasteiger charge is -2.15. The van der Waals surface area contributed by atoms with Crippen molar-refractivity contribution in [2.24, 2.45) is 0 Å². The Morgan fingerprint density at radius 3 is 2.13 bits per heavy atom. The van der Waals surface area contributed by atoms with E-state index in [-0.39, 0.29) is 34.5 Å². The number of methoxy groups -OCH3 is 3. The van der Waals surface area contributed by atoms with Gasteiger partial charge in [0, 0.05) is 18.8 Å². The number of nitrogens with one attached hydrogen (secondary N) is 2. The number of benzene rings is 1. The largest absolute Gasteiger partial charge is 0.465 e. The van der Waals surface area contributed by atoms with Crippen LogP contribution in [0.25, 0.3) is 0 Å². The normalized spacial score (nSPS) is 11.3. The first-order valence-corrected chi connectivity index (χ1v) is 8.64. The Morgan fingerprint density at radius 1 is 1.07 bits per heavy atom. The second-order valence-corrected chi connectivity index (χ2v) is 6.08. The van der Waals surface area contributed by atoms with Crippen LogP contribution in [0, 0.1) is 10.1 Å². The lowest BCUT2D eigenvalue weighted by molar-refractivity contribution is -0.383. The van der Waals surface area contributed by atoms with Crippen molar-refractivity contribution >= 4 is 34.9 Å². The van der Waals surface area contributed by atoms with Gasteiger partial charge in [-0.25, -0.2) is 19.6 Å². The van der Waals surface area contributed by atoms with E-state index in [0.717, 1.165) is 6.33 Å². The van der Waals surface area contributed by atoms with Crippen molar-refractivity contribution in [1.82, 2.24) is 9.97 Å². The number of ether oxygens (including phenoxy) is 3. The Balaban J connectivity index is 2.49. The molecule has 12 nitrogen and oxygen atoms in total. The van der Waals surface area contributed by atoms with E-state index in [2.05, 4.69) is 30.1 Å². The SMILES string of the molecule is COCC(C)Nc1ncnc(Nc2cc(C(=O)OC)cc(C(=O)OC)c2)c1[N+](=O)[O-]. The first-order valence-electron chi connectivity index (χ1n) is 8.64. The minimum absolute atomic E-state index is 0.0145. The lowest BCUT2D eigenvalue weighted by Crippen LogP contribution is -2.22. The zero-order valence-corrected chi connectivity index (χ0v) is 16.8. The topological polar surface area (TPSA) is 155 Å². The molecule has 2 rings (SSSR count). The predicted octanol–water partition coefficient (Wildman–Crippen LogP) is 2.15. The minimum Gasteiger partial charge on any atom is -0.465 e. The first kappa shape index (κ1) is 22.5. The molecule has 0 amide bonds. The van der Waals surface area contributed by atoms with Crippen LogP contribution in [0.5, 0.6) is 0 Å². The summed E-state index contributed by atoms with van der Waals surface area (Å²) in [4.78, 5) is 42.8. The molecule has 2 aromatic rings. The van der Waals surface area contributed by atoms with Crippen molar-refractivity contribution in [2.45, 2.75) is 13.0 Å². The van der Waals surface area contributed by atoms with Crippen molar-refractivity contribution in [3.63, 3.8) is 0 Å². The van der Waals surface area contributed by atoms with Gasteiger partial charge in [0.25, 0.3) is 0 Å². The molecule has 0 radical (unpaired) electrons. The molecule has 1 unspecified atom stereocenters. The third-order valence-corrected chi connectivity index (χ3v) is 3.84. The highest BCUT2D eigenvalue weighted by Crippen LogP contribution is 2.32. The molecule has 1 heterocycles. The zero-order valence-electron chi connectivity index (χ0n) is 16.8. The molecule has 30 heavy (non-hydrogen) atoms. The smallest absolute Gasteiger partial charge is 0.353 e. The molecule has 160 valence electrons. The van der Waals surface area contributed by atoms with Gasteiger partial charge >= 0.3 is 17.6 Å². The molecule has 0 saturated carbocycles. The van der Waals surface area contributed by atoms with Gasteiger partial charge in [-0.3, -0.25) is 10.1 Å². The summed E-state index contributed by atoms with van der Waals surface area (Å²) < 4.78 is 14.4. The van der Waals surface area contributed by atoms with Crippen molar-refractivity contribution < 1.29 is 28.7 Å². The maximum absolute atomic E-state index is 11.9. The Morgan fingerprint density at radius 2 is 1.63 bits per heavy atom. The highest BCUT2D eigenvalue weighted by atomic mass is 16.6. The quantitative estimate of drug-likeness (QED) is 0.349. The van der Waals surface area contributed by atoms with Crippen LogP contribution in [0.2, 0.25) is 0 Å². The molecule has 2 N–H and O–H groups in total. The van der Waals surface area contributed by atoms with Gasteiger partial charge < -0.3 is 24.8 Å². The second-order valence-electron chi connectivity index (χ2n) is 6.08. The Hall–Kier alpha value is -3.80. The molecule has 1 aromatic carbocycles. The third-order valence-electron chi connectivity index (χ3n) is 3.84. The number of nitro groups is 1. The van der Waals surface area contributed by atoms with E-state index in [1.54, 1.807) is 6.92 Å². The van der Waals surface area contributed by atoms with Crippen LogP contribution >= 0.6 is 0 Å². The van der Waals surface area contributed by atoms with Crippen LogP contribution < -0.4 is 10.6 Å². The number of carbonyl (C=O) groups is 2.